The second-order valence-corrected chi connectivity index (χ2v) is 7.69. The van der Waals surface area contributed by atoms with Crippen LogP contribution in [0.3, 0.4) is 0 Å². The Bertz CT molecular complexity index is 383. The van der Waals surface area contributed by atoms with E-state index >= 15 is 0 Å². The molecule has 0 aliphatic heterocycles. The molecule has 0 aromatic heterocycles. The van der Waals surface area contributed by atoms with E-state index in [0.717, 1.165) is 64.5 Å². The van der Waals surface area contributed by atoms with Crippen molar-refractivity contribution in [3.63, 3.8) is 0 Å². The second-order valence-electron chi connectivity index (χ2n) is 7.69. The van der Waals surface area contributed by atoms with Gasteiger partial charge in [-0.1, -0.05) is 53.4 Å². The van der Waals surface area contributed by atoms with Gasteiger partial charge in [0.1, 0.15) is 12.3 Å². The molecule has 0 bridgehead atoms. The Morgan fingerprint density at radius 3 is 1.77 bits per heavy atom. The van der Waals surface area contributed by atoms with Crippen LogP contribution in [-0.2, 0) is 4.79 Å². The summed E-state index contributed by atoms with van der Waals surface area (Å²) in [6, 6.07) is -0.435. The van der Waals surface area contributed by atoms with Crippen LogP contribution >= 0.6 is 0 Å². The van der Waals surface area contributed by atoms with Crippen LogP contribution in [0.4, 0.5) is 0 Å². The molecular formula is C22H44NO3+. The molecule has 26 heavy (non-hydrogen) atoms. The molecule has 0 aliphatic rings. The SMILES string of the molecule is CCCCC/C=C(\O)C[N+](CCCCC)(CCCCC)C(CC)C(=O)O. The van der Waals surface area contributed by atoms with Crippen molar-refractivity contribution in [1.29, 1.82) is 0 Å². The molecule has 0 rings (SSSR count). The van der Waals surface area contributed by atoms with E-state index in [2.05, 4.69) is 20.8 Å². The van der Waals surface area contributed by atoms with Gasteiger partial charge in [0, 0.05) is 6.42 Å². The first-order chi connectivity index (χ1) is 12.5. The first kappa shape index (κ1) is 25.0. The highest BCUT2D eigenvalue weighted by Gasteiger charge is 2.40. The highest BCUT2D eigenvalue weighted by Crippen LogP contribution is 2.24. The van der Waals surface area contributed by atoms with E-state index in [0.29, 0.717) is 23.2 Å². The van der Waals surface area contributed by atoms with Gasteiger partial charge in [0.2, 0.25) is 0 Å². The number of carboxylic acid groups (broad SMARTS) is 1. The molecule has 0 radical (unpaired) electrons. The van der Waals surface area contributed by atoms with Crippen LogP contribution in [-0.4, -0.2) is 46.3 Å². The summed E-state index contributed by atoms with van der Waals surface area (Å²) in [7, 11) is 0. The molecule has 0 fully saturated rings. The van der Waals surface area contributed by atoms with Gasteiger partial charge in [0.25, 0.3) is 0 Å². The van der Waals surface area contributed by atoms with Crippen molar-refractivity contribution in [2.75, 3.05) is 19.6 Å². The first-order valence-electron chi connectivity index (χ1n) is 10.9. The third-order valence-corrected chi connectivity index (χ3v) is 5.41. The summed E-state index contributed by atoms with van der Waals surface area (Å²) in [4.78, 5) is 12.0. The lowest BCUT2D eigenvalue weighted by atomic mass is 10.0. The molecule has 0 saturated heterocycles. The Hall–Kier alpha value is -1.03. The highest BCUT2D eigenvalue weighted by atomic mass is 16.4. The number of quaternary nitrogens is 1. The van der Waals surface area contributed by atoms with Crippen molar-refractivity contribution < 1.29 is 19.5 Å². The molecule has 0 spiro atoms. The number of aliphatic hydroxyl groups excluding tert-OH is 1. The summed E-state index contributed by atoms with van der Waals surface area (Å²) in [6.45, 7) is 10.6. The van der Waals surface area contributed by atoms with Crippen LogP contribution in [0.15, 0.2) is 11.8 Å². The van der Waals surface area contributed by atoms with Crippen molar-refractivity contribution in [2.24, 2.45) is 0 Å². The monoisotopic (exact) mass is 370 g/mol. The fraction of sp³-hybridized carbons (Fsp3) is 0.864. The van der Waals surface area contributed by atoms with E-state index in [9.17, 15) is 15.0 Å². The number of aliphatic hydroxyl groups is 1. The number of aliphatic carboxylic acids is 1. The summed E-state index contributed by atoms with van der Waals surface area (Å²) in [5.74, 6) is -0.340. The standard InChI is InChI=1S/C22H43NO3/c1-5-9-12-13-16-20(24)19-23(17-14-10-6-2,18-15-11-7-3)21(8-4)22(25)26/h16,21H,5-15,17-19H2,1-4H3,(H-,24,25,26)/p+1/b20-16-. The van der Waals surface area contributed by atoms with Gasteiger partial charge in [-0.25, -0.2) is 4.79 Å². The van der Waals surface area contributed by atoms with Crippen LogP contribution < -0.4 is 0 Å². The average Bonchev–Trinajstić information content (AvgIpc) is 2.59. The number of unbranched alkanes of at least 4 members (excludes halogenated alkanes) is 7. The first-order valence-corrected chi connectivity index (χ1v) is 10.9. The molecule has 2 N–H and O–H groups in total. The molecule has 0 heterocycles. The Morgan fingerprint density at radius 1 is 0.846 bits per heavy atom. The molecule has 0 saturated carbocycles. The highest BCUT2D eigenvalue weighted by molar-refractivity contribution is 5.72. The molecule has 1 unspecified atom stereocenters. The topological polar surface area (TPSA) is 57.5 Å². The smallest absolute Gasteiger partial charge is 0.362 e. The largest absolute Gasteiger partial charge is 0.507 e. The number of hydrogen-bond donors (Lipinski definition) is 2. The number of allylic oxidation sites excluding steroid dienone is 1. The maximum atomic E-state index is 12.0. The number of nitrogens with zero attached hydrogens (tertiary/aromatic N) is 1. The number of hydrogen-bond acceptors (Lipinski definition) is 2. The average molecular weight is 371 g/mol. The van der Waals surface area contributed by atoms with Crippen LogP contribution in [0.25, 0.3) is 0 Å². The zero-order valence-corrected chi connectivity index (χ0v) is 17.8. The lowest BCUT2D eigenvalue weighted by Gasteiger charge is -2.43. The van der Waals surface area contributed by atoms with Crippen molar-refractivity contribution >= 4 is 5.97 Å². The van der Waals surface area contributed by atoms with Crippen LogP contribution in [0, 0.1) is 0 Å². The molecule has 0 amide bonds. The maximum absolute atomic E-state index is 12.0. The van der Waals surface area contributed by atoms with Crippen LogP contribution in [0.1, 0.15) is 98.3 Å². The van der Waals surface area contributed by atoms with Gasteiger partial charge in [-0.2, -0.15) is 0 Å². The fourth-order valence-corrected chi connectivity index (χ4v) is 3.89. The minimum absolute atomic E-state index is 0.383. The van der Waals surface area contributed by atoms with Gasteiger partial charge in [0.05, 0.1) is 13.1 Å². The lowest BCUT2D eigenvalue weighted by molar-refractivity contribution is -0.941. The van der Waals surface area contributed by atoms with E-state index in [-0.39, 0.29) is 0 Å². The Kier molecular flexibility index (Phi) is 14.5. The van der Waals surface area contributed by atoms with Crippen molar-refractivity contribution in [3.05, 3.63) is 11.8 Å². The van der Waals surface area contributed by atoms with E-state index in [1.54, 1.807) is 0 Å². The Balaban J connectivity index is 5.40. The number of rotatable bonds is 17. The van der Waals surface area contributed by atoms with Crippen LogP contribution in [0.2, 0.25) is 0 Å². The van der Waals surface area contributed by atoms with Gasteiger partial charge >= 0.3 is 5.97 Å². The van der Waals surface area contributed by atoms with E-state index in [1.165, 1.54) is 12.8 Å². The lowest BCUT2D eigenvalue weighted by Crippen LogP contribution is -2.60. The summed E-state index contributed by atoms with van der Waals surface area (Å²) >= 11 is 0. The normalized spacial score (nSPS) is 13.8. The molecule has 4 heteroatoms. The minimum atomic E-state index is -0.723. The summed E-state index contributed by atoms with van der Waals surface area (Å²) in [5, 5.41) is 20.4. The van der Waals surface area contributed by atoms with E-state index in [1.807, 2.05) is 13.0 Å². The third-order valence-electron chi connectivity index (χ3n) is 5.41. The molecule has 154 valence electrons. The van der Waals surface area contributed by atoms with Crippen molar-refractivity contribution in [3.8, 4) is 0 Å². The van der Waals surface area contributed by atoms with Gasteiger partial charge < -0.3 is 14.7 Å². The number of carboxylic acids is 1. The molecule has 0 aliphatic carbocycles. The third kappa shape index (κ3) is 9.61. The molecule has 0 aromatic rings. The molecule has 4 nitrogen and oxygen atoms in total. The second kappa shape index (κ2) is 15.1. The summed E-state index contributed by atoms with van der Waals surface area (Å²) in [5.41, 5.74) is 0. The predicted octanol–water partition coefficient (Wildman–Crippen LogP) is 6.07. The van der Waals surface area contributed by atoms with E-state index in [4.69, 9.17) is 0 Å². The van der Waals surface area contributed by atoms with E-state index < -0.39 is 12.0 Å². The quantitative estimate of drug-likeness (QED) is 0.186. The van der Waals surface area contributed by atoms with Gasteiger partial charge in [-0.05, 0) is 44.6 Å². The minimum Gasteiger partial charge on any atom is -0.507 e. The summed E-state index contributed by atoms with van der Waals surface area (Å²) < 4.78 is 0.502. The molecule has 1 atom stereocenters. The van der Waals surface area contributed by atoms with Crippen LogP contribution in [0.5, 0.6) is 0 Å². The Labute approximate surface area is 161 Å². The van der Waals surface area contributed by atoms with Crippen molar-refractivity contribution in [2.45, 2.75) is 104 Å². The Morgan fingerprint density at radius 2 is 1.35 bits per heavy atom. The molecular weight excluding hydrogens is 326 g/mol. The summed E-state index contributed by atoms with van der Waals surface area (Å²) in [6.07, 6.45) is 13.4. The zero-order chi connectivity index (χ0) is 19.8. The van der Waals surface area contributed by atoms with Gasteiger partial charge in [-0.15, -0.1) is 0 Å². The number of carbonyl (C=O) groups is 1. The van der Waals surface area contributed by atoms with Crippen molar-refractivity contribution in [1.82, 2.24) is 0 Å². The maximum Gasteiger partial charge on any atom is 0.362 e. The van der Waals surface area contributed by atoms with Gasteiger partial charge in [0.15, 0.2) is 6.04 Å². The zero-order valence-electron chi connectivity index (χ0n) is 17.8. The predicted molar refractivity (Wildman–Crippen MR) is 110 cm³/mol. The molecule has 0 aromatic carbocycles. The van der Waals surface area contributed by atoms with Gasteiger partial charge in [-0.3, -0.25) is 0 Å². The fourth-order valence-electron chi connectivity index (χ4n) is 3.89.